The molecule has 0 saturated heterocycles. The van der Waals surface area contributed by atoms with Crippen LogP contribution in [0.25, 0.3) is 10.4 Å². The Hall–Kier alpha value is -2.44. The van der Waals surface area contributed by atoms with Crippen LogP contribution in [0, 0.1) is 0 Å². The first-order valence-corrected chi connectivity index (χ1v) is 4.06. The van der Waals surface area contributed by atoms with Crippen LogP contribution in [0.5, 0.6) is 11.5 Å². The number of ether oxygens (including phenoxy) is 1. The van der Waals surface area contributed by atoms with Crippen molar-refractivity contribution in [3.63, 3.8) is 0 Å². The molecule has 0 radical (unpaired) electrons. The van der Waals surface area contributed by atoms with Crippen LogP contribution < -0.4 is 10.6 Å². The Morgan fingerprint density at radius 2 is 2.38 bits per heavy atom. The van der Waals surface area contributed by atoms with Crippen molar-refractivity contribution in [1.82, 2.24) is 0 Å². The van der Waals surface area contributed by atoms with Gasteiger partial charge in [-0.1, -0.05) is 5.11 Å². The van der Waals surface area contributed by atoms with E-state index in [0.717, 1.165) is 0 Å². The van der Waals surface area contributed by atoms with Crippen molar-refractivity contribution >= 4 is 5.97 Å². The molecule has 0 aromatic heterocycles. The lowest BCUT2D eigenvalue weighted by Crippen LogP contribution is -2.10. The lowest BCUT2D eigenvalue weighted by Gasteiger charge is -2.06. The van der Waals surface area contributed by atoms with E-state index in [1.165, 1.54) is 18.2 Å². The number of hydrogen-bond donors (Lipinski definition) is 2. The SMILES string of the molecule is [N-]=[N+]=NCOc1cc(C(=O)ON)ccc1O. The van der Waals surface area contributed by atoms with Crippen LogP contribution in [0.4, 0.5) is 0 Å². The Balaban J connectivity index is 2.89. The summed E-state index contributed by atoms with van der Waals surface area (Å²) in [6, 6.07) is 3.76. The number of benzene rings is 1. The normalized spacial score (nSPS) is 9.06. The predicted octanol–water partition coefficient (Wildman–Crippen LogP) is 1.07. The summed E-state index contributed by atoms with van der Waals surface area (Å²) in [5, 5.41) is 12.5. The number of nitrogens with zero attached hydrogens (tertiary/aromatic N) is 3. The maximum absolute atomic E-state index is 11.0. The molecule has 0 aliphatic rings. The molecule has 0 bridgehead atoms. The third-order valence-corrected chi connectivity index (χ3v) is 1.64. The number of rotatable bonds is 4. The molecule has 0 unspecified atom stereocenters. The zero-order valence-electron chi connectivity index (χ0n) is 8.03. The highest BCUT2D eigenvalue weighted by molar-refractivity contribution is 5.89. The topological polar surface area (TPSA) is 131 Å². The molecule has 1 aromatic rings. The van der Waals surface area contributed by atoms with Gasteiger partial charge in [-0.2, -0.15) is 5.90 Å². The Bertz CT molecular complexity index is 442. The minimum Gasteiger partial charge on any atom is -0.504 e. The van der Waals surface area contributed by atoms with E-state index in [-0.39, 0.29) is 23.8 Å². The number of phenolic OH excluding ortho intramolecular Hbond substituents is 1. The first-order chi connectivity index (χ1) is 7.69. The number of hydrogen-bond acceptors (Lipinski definition) is 6. The Labute approximate surface area is 89.8 Å². The fourth-order valence-electron chi connectivity index (χ4n) is 0.949. The van der Waals surface area contributed by atoms with Crippen LogP contribution in [0.1, 0.15) is 10.4 Å². The number of carbonyl (C=O) groups excluding carboxylic acids is 1. The minimum atomic E-state index is -0.770. The van der Waals surface area contributed by atoms with E-state index in [1.54, 1.807) is 0 Å². The third-order valence-electron chi connectivity index (χ3n) is 1.64. The van der Waals surface area contributed by atoms with Crippen LogP contribution >= 0.6 is 0 Å². The van der Waals surface area contributed by atoms with Gasteiger partial charge in [0.2, 0.25) is 0 Å². The van der Waals surface area contributed by atoms with Gasteiger partial charge in [0.15, 0.2) is 18.2 Å². The molecule has 0 aliphatic heterocycles. The van der Waals surface area contributed by atoms with Crippen LogP contribution in [-0.2, 0) is 4.84 Å². The van der Waals surface area contributed by atoms with Gasteiger partial charge in [-0.25, -0.2) is 4.79 Å². The van der Waals surface area contributed by atoms with Crippen LogP contribution in [0.15, 0.2) is 23.3 Å². The summed E-state index contributed by atoms with van der Waals surface area (Å²) in [6.07, 6.45) is 0. The van der Waals surface area contributed by atoms with Crippen molar-refractivity contribution in [3.8, 4) is 11.5 Å². The van der Waals surface area contributed by atoms with Crippen LogP contribution in [0.2, 0.25) is 0 Å². The summed E-state index contributed by atoms with van der Waals surface area (Å²) in [4.78, 5) is 17.5. The Kier molecular flexibility index (Phi) is 3.96. The molecule has 0 heterocycles. The predicted molar refractivity (Wildman–Crippen MR) is 52.4 cm³/mol. The van der Waals surface area contributed by atoms with Gasteiger partial charge >= 0.3 is 5.97 Å². The van der Waals surface area contributed by atoms with Crippen molar-refractivity contribution in [2.45, 2.75) is 0 Å². The van der Waals surface area contributed by atoms with E-state index in [9.17, 15) is 9.90 Å². The molecule has 0 fully saturated rings. The lowest BCUT2D eigenvalue weighted by atomic mass is 10.2. The first-order valence-electron chi connectivity index (χ1n) is 4.06. The van der Waals surface area contributed by atoms with E-state index >= 15 is 0 Å². The summed E-state index contributed by atoms with van der Waals surface area (Å²) in [6.45, 7) is -0.300. The molecule has 8 nitrogen and oxygen atoms in total. The van der Waals surface area contributed by atoms with Gasteiger partial charge in [-0.15, -0.1) is 0 Å². The molecule has 8 heteroatoms. The summed E-state index contributed by atoms with van der Waals surface area (Å²) < 4.78 is 4.89. The van der Waals surface area contributed by atoms with Gasteiger partial charge in [-0.05, 0) is 23.7 Å². The highest BCUT2D eigenvalue weighted by Crippen LogP contribution is 2.26. The Morgan fingerprint density at radius 3 is 3.00 bits per heavy atom. The molecular formula is C8H8N4O4. The number of aromatic hydroxyl groups is 1. The minimum absolute atomic E-state index is 0.00435. The maximum atomic E-state index is 11.0. The summed E-state index contributed by atoms with van der Waals surface area (Å²) >= 11 is 0. The van der Waals surface area contributed by atoms with E-state index in [1.807, 2.05) is 0 Å². The molecule has 0 amide bonds. The number of phenols is 1. The largest absolute Gasteiger partial charge is 0.504 e. The Morgan fingerprint density at radius 1 is 1.62 bits per heavy atom. The fraction of sp³-hybridized carbons (Fsp3) is 0.125. The van der Waals surface area contributed by atoms with E-state index in [0.29, 0.717) is 0 Å². The zero-order valence-corrected chi connectivity index (χ0v) is 8.03. The van der Waals surface area contributed by atoms with Gasteiger partial charge in [0, 0.05) is 4.91 Å². The van der Waals surface area contributed by atoms with Crippen molar-refractivity contribution in [1.29, 1.82) is 0 Å². The molecule has 1 aromatic carbocycles. The van der Waals surface area contributed by atoms with Crippen molar-refractivity contribution in [2.24, 2.45) is 11.0 Å². The zero-order chi connectivity index (χ0) is 12.0. The van der Waals surface area contributed by atoms with Crippen molar-refractivity contribution < 1.29 is 19.5 Å². The summed E-state index contributed by atoms with van der Waals surface area (Å²) in [7, 11) is 0. The number of nitrogens with two attached hydrogens (primary N) is 1. The monoisotopic (exact) mass is 224 g/mol. The van der Waals surface area contributed by atoms with E-state index < -0.39 is 5.97 Å². The van der Waals surface area contributed by atoms with Crippen LogP contribution in [-0.4, -0.2) is 17.8 Å². The van der Waals surface area contributed by atoms with Crippen LogP contribution in [0.3, 0.4) is 0 Å². The second kappa shape index (κ2) is 5.44. The molecule has 0 saturated carbocycles. The van der Waals surface area contributed by atoms with Crippen molar-refractivity contribution in [2.75, 3.05) is 6.73 Å². The molecule has 84 valence electrons. The summed E-state index contributed by atoms with van der Waals surface area (Å²) in [5.41, 5.74) is 8.13. The second-order valence-electron chi connectivity index (χ2n) is 2.59. The smallest absolute Gasteiger partial charge is 0.356 e. The molecule has 16 heavy (non-hydrogen) atoms. The van der Waals surface area contributed by atoms with Gasteiger partial charge in [-0.3, -0.25) is 0 Å². The molecule has 1 rings (SSSR count). The standard InChI is InChI=1S/C8H8N4O4/c9-12-11-4-15-7-3-5(8(14)16-10)1-2-6(7)13/h1-3,13H,4,10H2. The highest BCUT2D eigenvalue weighted by atomic mass is 16.7. The average molecular weight is 224 g/mol. The van der Waals surface area contributed by atoms with E-state index in [4.69, 9.17) is 16.2 Å². The number of azide groups is 1. The van der Waals surface area contributed by atoms with Gasteiger partial charge < -0.3 is 14.7 Å². The maximum Gasteiger partial charge on any atom is 0.356 e. The van der Waals surface area contributed by atoms with Gasteiger partial charge in [0.1, 0.15) is 0 Å². The first kappa shape index (κ1) is 11.6. The van der Waals surface area contributed by atoms with E-state index in [2.05, 4.69) is 14.9 Å². The third kappa shape index (κ3) is 2.77. The van der Waals surface area contributed by atoms with Gasteiger partial charge in [0.05, 0.1) is 5.56 Å². The molecule has 0 spiro atoms. The lowest BCUT2D eigenvalue weighted by molar-refractivity contribution is 0.0503. The molecule has 0 aliphatic carbocycles. The van der Waals surface area contributed by atoms with Gasteiger partial charge in [0.25, 0.3) is 0 Å². The quantitative estimate of drug-likeness (QED) is 0.341. The fourth-order valence-corrected chi connectivity index (χ4v) is 0.949. The average Bonchev–Trinajstić information content (AvgIpc) is 2.31. The number of carbonyl (C=O) groups is 1. The highest BCUT2D eigenvalue weighted by Gasteiger charge is 2.10. The summed E-state index contributed by atoms with van der Waals surface area (Å²) in [5.74, 6) is 3.73. The van der Waals surface area contributed by atoms with Crippen molar-refractivity contribution in [3.05, 3.63) is 34.2 Å². The second-order valence-corrected chi connectivity index (χ2v) is 2.59. The molecule has 0 atom stereocenters. The molecule has 3 N–H and O–H groups in total. The molecular weight excluding hydrogens is 216 g/mol.